The van der Waals surface area contributed by atoms with Gasteiger partial charge in [-0.2, -0.15) is 0 Å². The van der Waals surface area contributed by atoms with Gasteiger partial charge in [-0.3, -0.25) is 0 Å². The molecule has 112 valence electrons. The summed E-state index contributed by atoms with van der Waals surface area (Å²) in [4.78, 5) is 0. The van der Waals surface area contributed by atoms with Crippen LogP contribution in [0.5, 0.6) is 5.75 Å². The van der Waals surface area contributed by atoms with Gasteiger partial charge < -0.3 is 9.84 Å². The molecule has 2 aromatic carbocycles. The maximum atomic E-state index is 13.5. The zero-order valence-corrected chi connectivity index (χ0v) is 10.8. The minimum absolute atomic E-state index is 0.0339. The molecule has 1 N–H and O–H groups in total. The molecule has 6 heteroatoms. The van der Waals surface area contributed by atoms with Gasteiger partial charge in [0.25, 0.3) is 0 Å². The van der Waals surface area contributed by atoms with Crippen LogP contribution in [0.25, 0.3) is 0 Å². The number of hydrogen-bond acceptors (Lipinski definition) is 2. The van der Waals surface area contributed by atoms with E-state index in [0.29, 0.717) is 11.1 Å². The van der Waals surface area contributed by atoms with Crippen molar-refractivity contribution in [3.8, 4) is 5.75 Å². The Morgan fingerprint density at radius 2 is 1.62 bits per heavy atom. The van der Waals surface area contributed by atoms with Crippen LogP contribution in [0.2, 0.25) is 0 Å². The van der Waals surface area contributed by atoms with E-state index in [4.69, 9.17) is 0 Å². The number of benzene rings is 2. The maximum Gasteiger partial charge on any atom is 0.573 e. The molecule has 0 aromatic heterocycles. The SMILES string of the molecule is OC(Cc1ccccc1F)c1ccc(OC(F)(F)F)cc1. The summed E-state index contributed by atoms with van der Waals surface area (Å²) in [6.07, 6.45) is -5.73. The van der Waals surface area contributed by atoms with Crippen LogP contribution in [0.3, 0.4) is 0 Å². The normalized spacial score (nSPS) is 13.0. The summed E-state index contributed by atoms with van der Waals surface area (Å²) in [5.41, 5.74) is 0.716. The highest BCUT2D eigenvalue weighted by molar-refractivity contribution is 5.30. The first-order valence-corrected chi connectivity index (χ1v) is 6.12. The van der Waals surface area contributed by atoms with Crippen LogP contribution in [-0.2, 0) is 6.42 Å². The molecule has 1 atom stereocenters. The predicted octanol–water partition coefficient (Wildman–Crippen LogP) is 4.00. The molecular weight excluding hydrogens is 288 g/mol. The first kappa shape index (κ1) is 15.3. The third-order valence-corrected chi connectivity index (χ3v) is 2.87. The van der Waals surface area contributed by atoms with Crippen molar-refractivity contribution in [1.29, 1.82) is 0 Å². The Kier molecular flexibility index (Phi) is 4.47. The van der Waals surface area contributed by atoms with Crippen molar-refractivity contribution in [3.63, 3.8) is 0 Å². The van der Waals surface area contributed by atoms with Crippen LogP contribution in [0.1, 0.15) is 17.2 Å². The minimum Gasteiger partial charge on any atom is -0.406 e. The maximum absolute atomic E-state index is 13.5. The molecule has 0 aliphatic carbocycles. The minimum atomic E-state index is -4.76. The quantitative estimate of drug-likeness (QED) is 0.865. The molecule has 0 heterocycles. The van der Waals surface area contributed by atoms with Gasteiger partial charge in [-0.1, -0.05) is 30.3 Å². The van der Waals surface area contributed by atoms with E-state index >= 15 is 0 Å². The fourth-order valence-electron chi connectivity index (χ4n) is 1.88. The van der Waals surface area contributed by atoms with Crippen molar-refractivity contribution in [2.75, 3.05) is 0 Å². The standard InChI is InChI=1S/C15H12F4O2/c16-13-4-2-1-3-11(13)9-14(20)10-5-7-12(8-6-10)21-15(17,18)19/h1-8,14,20H,9H2. The average molecular weight is 300 g/mol. The molecule has 0 radical (unpaired) electrons. The summed E-state index contributed by atoms with van der Waals surface area (Å²) >= 11 is 0. The zero-order chi connectivity index (χ0) is 15.5. The van der Waals surface area contributed by atoms with Crippen molar-refractivity contribution in [2.45, 2.75) is 18.9 Å². The highest BCUT2D eigenvalue weighted by Gasteiger charge is 2.31. The lowest BCUT2D eigenvalue weighted by atomic mass is 10.0. The fraction of sp³-hybridized carbons (Fsp3) is 0.200. The van der Waals surface area contributed by atoms with E-state index in [1.165, 1.54) is 24.3 Å². The molecule has 0 aliphatic rings. The van der Waals surface area contributed by atoms with Gasteiger partial charge in [-0.15, -0.1) is 13.2 Å². The molecule has 0 fully saturated rings. The summed E-state index contributed by atoms with van der Waals surface area (Å²) in [5.74, 6) is -0.807. The monoisotopic (exact) mass is 300 g/mol. The van der Waals surface area contributed by atoms with Crippen molar-refractivity contribution in [3.05, 3.63) is 65.5 Å². The Labute approximate surface area is 118 Å². The second-order valence-electron chi connectivity index (χ2n) is 4.43. The Bertz CT molecular complexity index is 593. The van der Waals surface area contributed by atoms with E-state index in [9.17, 15) is 22.7 Å². The van der Waals surface area contributed by atoms with E-state index in [1.807, 2.05) is 0 Å². The third-order valence-electron chi connectivity index (χ3n) is 2.87. The smallest absolute Gasteiger partial charge is 0.406 e. The predicted molar refractivity (Wildman–Crippen MR) is 68.2 cm³/mol. The molecule has 1 unspecified atom stereocenters. The van der Waals surface area contributed by atoms with E-state index in [-0.39, 0.29) is 12.2 Å². The lowest BCUT2D eigenvalue weighted by Crippen LogP contribution is -2.17. The summed E-state index contributed by atoms with van der Waals surface area (Å²) in [6.45, 7) is 0. The van der Waals surface area contributed by atoms with Crippen molar-refractivity contribution in [2.24, 2.45) is 0 Å². The van der Waals surface area contributed by atoms with Gasteiger partial charge in [-0.25, -0.2) is 4.39 Å². The summed E-state index contributed by atoms with van der Waals surface area (Å²) in [7, 11) is 0. The van der Waals surface area contributed by atoms with E-state index in [0.717, 1.165) is 12.1 Å². The number of aliphatic hydroxyl groups is 1. The Balaban J connectivity index is 2.06. The van der Waals surface area contributed by atoms with Crippen LogP contribution in [0, 0.1) is 5.82 Å². The molecule has 0 bridgehead atoms. The van der Waals surface area contributed by atoms with Crippen molar-refractivity contribution in [1.82, 2.24) is 0 Å². The molecule has 0 saturated carbocycles. The highest BCUT2D eigenvalue weighted by Crippen LogP contribution is 2.26. The van der Waals surface area contributed by atoms with Crippen LogP contribution < -0.4 is 4.74 Å². The third kappa shape index (κ3) is 4.46. The lowest BCUT2D eigenvalue weighted by molar-refractivity contribution is -0.274. The molecule has 0 saturated heterocycles. The van der Waals surface area contributed by atoms with Gasteiger partial charge in [0.1, 0.15) is 11.6 Å². The molecule has 2 rings (SSSR count). The van der Waals surface area contributed by atoms with E-state index < -0.39 is 18.3 Å². The molecule has 0 spiro atoms. The van der Waals surface area contributed by atoms with Gasteiger partial charge >= 0.3 is 6.36 Å². The van der Waals surface area contributed by atoms with Crippen LogP contribution in [-0.4, -0.2) is 11.5 Å². The largest absolute Gasteiger partial charge is 0.573 e. The first-order valence-electron chi connectivity index (χ1n) is 6.12. The highest BCUT2D eigenvalue weighted by atomic mass is 19.4. The molecular formula is C15H12F4O2. The van der Waals surface area contributed by atoms with Crippen LogP contribution in [0.15, 0.2) is 48.5 Å². The topological polar surface area (TPSA) is 29.5 Å². The Morgan fingerprint density at radius 1 is 1.00 bits per heavy atom. The second-order valence-corrected chi connectivity index (χ2v) is 4.43. The Hall–Kier alpha value is -2.08. The van der Waals surface area contributed by atoms with Gasteiger partial charge in [-0.05, 0) is 29.3 Å². The van der Waals surface area contributed by atoms with E-state index in [1.54, 1.807) is 12.1 Å². The molecule has 2 aromatic rings. The van der Waals surface area contributed by atoms with Crippen LogP contribution in [0.4, 0.5) is 17.6 Å². The first-order chi connectivity index (χ1) is 9.85. The van der Waals surface area contributed by atoms with Crippen molar-refractivity contribution < 1.29 is 27.4 Å². The number of aliphatic hydroxyl groups excluding tert-OH is 1. The molecule has 0 amide bonds. The van der Waals surface area contributed by atoms with E-state index in [2.05, 4.69) is 4.74 Å². The average Bonchev–Trinajstić information content (AvgIpc) is 2.40. The summed E-state index contributed by atoms with van der Waals surface area (Å²) < 4.78 is 53.2. The number of halogens is 4. The lowest BCUT2D eigenvalue weighted by Gasteiger charge is -2.13. The van der Waals surface area contributed by atoms with Gasteiger partial charge in [0.05, 0.1) is 6.10 Å². The zero-order valence-electron chi connectivity index (χ0n) is 10.8. The fourth-order valence-corrected chi connectivity index (χ4v) is 1.88. The Morgan fingerprint density at radius 3 is 2.19 bits per heavy atom. The van der Waals surface area contributed by atoms with Gasteiger partial charge in [0.15, 0.2) is 0 Å². The van der Waals surface area contributed by atoms with Crippen LogP contribution >= 0.6 is 0 Å². The number of rotatable bonds is 4. The van der Waals surface area contributed by atoms with Gasteiger partial charge in [0, 0.05) is 6.42 Å². The molecule has 21 heavy (non-hydrogen) atoms. The second kappa shape index (κ2) is 6.13. The number of hydrogen-bond donors (Lipinski definition) is 1. The number of ether oxygens (including phenoxy) is 1. The summed E-state index contributed by atoms with van der Waals surface area (Å²) in [5, 5.41) is 9.99. The summed E-state index contributed by atoms with van der Waals surface area (Å²) in [6, 6.07) is 10.8. The molecule has 0 aliphatic heterocycles. The van der Waals surface area contributed by atoms with Gasteiger partial charge in [0.2, 0.25) is 0 Å². The number of alkyl halides is 3. The van der Waals surface area contributed by atoms with Crippen molar-refractivity contribution >= 4 is 0 Å². The molecule has 2 nitrogen and oxygen atoms in total.